The van der Waals surface area contributed by atoms with Crippen LogP contribution in [0, 0.1) is 5.92 Å². The zero-order valence-electron chi connectivity index (χ0n) is 15.5. The standard InChI is InChI=1S/C16H30N2O6/c1-8-9(2)11(12(19)14(21)23-7)18-13(20)10(3)17-15(22)24-16(4,5)6/h9-12,19H,8H2,1-7H3,(H,17,22)(H,18,20)/t9-,10-,11-,12?/m0/s1. The van der Waals surface area contributed by atoms with Gasteiger partial charge in [-0.1, -0.05) is 20.3 Å². The van der Waals surface area contributed by atoms with Crippen molar-refractivity contribution in [2.24, 2.45) is 5.92 Å². The van der Waals surface area contributed by atoms with Gasteiger partial charge >= 0.3 is 12.1 Å². The molecule has 0 aromatic rings. The molecule has 0 aliphatic heterocycles. The largest absolute Gasteiger partial charge is 0.467 e. The first-order valence-electron chi connectivity index (χ1n) is 7.98. The quantitative estimate of drug-likeness (QED) is 0.592. The van der Waals surface area contributed by atoms with Crippen LogP contribution in [0.2, 0.25) is 0 Å². The molecule has 0 spiro atoms. The highest BCUT2D eigenvalue weighted by molar-refractivity contribution is 5.86. The van der Waals surface area contributed by atoms with Gasteiger partial charge in [0.05, 0.1) is 13.2 Å². The van der Waals surface area contributed by atoms with Gasteiger partial charge in [-0.25, -0.2) is 9.59 Å². The lowest BCUT2D eigenvalue weighted by Gasteiger charge is -2.29. The molecule has 24 heavy (non-hydrogen) atoms. The Morgan fingerprint density at radius 2 is 1.67 bits per heavy atom. The minimum Gasteiger partial charge on any atom is -0.467 e. The summed E-state index contributed by atoms with van der Waals surface area (Å²) in [6.45, 7) is 10.3. The molecule has 0 bridgehead atoms. The number of aliphatic hydroxyl groups excluding tert-OH is 1. The third kappa shape index (κ3) is 7.63. The van der Waals surface area contributed by atoms with Gasteiger partial charge in [-0.05, 0) is 33.6 Å². The summed E-state index contributed by atoms with van der Waals surface area (Å²) >= 11 is 0. The normalized spacial score (nSPS) is 16.3. The van der Waals surface area contributed by atoms with E-state index in [1.807, 2.05) is 6.92 Å². The van der Waals surface area contributed by atoms with E-state index in [1.54, 1.807) is 27.7 Å². The van der Waals surface area contributed by atoms with Crippen LogP contribution in [0.3, 0.4) is 0 Å². The Labute approximate surface area is 143 Å². The van der Waals surface area contributed by atoms with Crippen molar-refractivity contribution in [2.45, 2.75) is 71.8 Å². The van der Waals surface area contributed by atoms with Crippen molar-refractivity contribution in [1.29, 1.82) is 0 Å². The summed E-state index contributed by atoms with van der Waals surface area (Å²) < 4.78 is 9.60. The van der Waals surface area contributed by atoms with Crippen LogP contribution < -0.4 is 10.6 Å². The predicted molar refractivity (Wildman–Crippen MR) is 88.2 cm³/mol. The molecule has 0 radical (unpaired) electrons. The molecule has 0 saturated carbocycles. The van der Waals surface area contributed by atoms with E-state index < -0.39 is 41.8 Å². The van der Waals surface area contributed by atoms with E-state index in [0.29, 0.717) is 6.42 Å². The molecule has 0 aliphatic carbocycles. The van der Waals surface area contributed by atoms with Crippen molar-refractivity contribution in [3.05, 3.63) is 0 Å². The lowest BCUT2D eigenvalue weighted by molar-refractivity contribution is -0.153. The van der Waals surface area contributed by atoms with Gasteiger partial charge in [0.15, 0.2) is 6.10 Å². The SMILES string of the molecule is CC[C@H](C)[C@H](NC(=O)[C@H](C)NC(=O)OC(C)(C)C)C(O)C(=O)OC. The van der Waals surface area contributed by atoms with Crippen LogP contribution in [0.1, 0.15) is 48.0 Å². The molecule has 0 rings (SSSR count). The summed E-state index contributed by atoms with van der Waals surface area (Å²) in [5, 5.41) is 15.0. The number of esters is 1. The summed E-state index contributed by atoms with van der Waals surface area (Å²) in [5.74, 6) is -1.53. The summed E-state index contributed by atoms with van der Waals surface area (Å²) in [6, 6.07) is -1.71. The van der Waals surface area contributed by atoms with Crippen LogP contribution in [0.25, 0.3) is 0 Å². The number of alkyl carbamates (subject to hydrolysis) is 1. The fourth-order valence-corrected chi connectivity index (χ4v) is 1.89. The lowest BCUT2D eigenvalue weighted by Crippen LogP contribution is -2.55. The van der Waals surface area contributed by atoms with Crippen LogP contribution in [-0.4, -0.2) is 54.0 Å². The Hall–Kier alpha value is -1.83. The van der Waals surface area contributed by atoms with E-state index in [-0.39, 0.29) is 5.92 Å². The van der Waals surface area contributed by atoms with E-state index in [2.05, 4.69) is 15.4 Å². The van der Waals surface area contributed by atoms with Gasteiger partial charge < -0.3 is 25.2 Å². The monoisotopic (exact) mass is 346 g/mol. The zero-order valence-corrected chi connectivity index (χ0v) is 15.5. The van der Waals surface area contributed by atoms with Crippen LogP contribution >= 0.6 is 0 Å². The second-order valence-corrected chi connectivity index (χ2v) is 6.76. The maximum Gasteiger partial charge on any atom is 0.408 e. The highest BCUT2D eigenvalue weighted by Crippen LogP contribution is 2.13. The van der Waals surface area contributed by atoms with Gasteiger partial charge in [0, 0.05) is 0 Å². The van der Waals surface area contributed by atoms with Crippen LogP contribution in [-0.2, 0) is 19.1 Å². The summed E-state index contributed by atoms with van der Waals surface area (Å²) in [6.07, 6.45) is -1.58. The lowest BCUT2D eigenvalue weighted by atomic mass is 9.94. The maximum atomic E-state index is 12.2. The van der Waals surface area contributed by atoms with Gasteiger partial charge in [-0.3, -0.25) is 4.79 Å². The molecule has 3 N–H and O–H groups in total. The molecule has 0 fully saturated rings. The van der Waals surface area contributed by atoms with Crippen LogP contribution in [0.4, 0.5) is 4.79 Å². The molecule has 2 amide bonds. The van der Waals surface area contributed by atoms with Crippen molar-refractivity contribution < 1.29 is 29.0 Å². The van der Waals surface area contributed by atoms with Crippen LogP contribution in [0.15, 0.2) is 0 Å². The van der Waals surface area contributed by atoms with E-state index in [4.69, 9.17) is 4.74 Å². The van der Waals surface area contributed by atoms with E-state index in [0.717, 1.165) is 7.11 Å². The Balaban J connectivity index is 4.87. The second-order valence-electron chi connectivity index (χ2n) is 6.76. The molecule has 0 aromatic heterocycles. The third-order valence-corrected chi connectivity index (χ3v) is 3.48. The number of hydrogen-bond donors (Lipinski definition) is 3. The van der Waals surface area contributed by atoms with E-state index in [1.165, 1.54) is 6.92 Å². The molecule has 1 unspecified atom stereocenters. The number of ether oxygens (including phenoxy) is 2. The smallest absolute Gasteiger partial charge is 0.408 e. The molecule has 0 saturated heterocycles. The van der Waals surface area contributed by atoms with Gasteiger partial charge in [0.25, 0.3) is 0 Å². The predicted octanol–water partition coefficient (Wildman–Crippen LogP) is 0.964. The number of aliphatic hydroxyl groups is 1. The molecule has 0 aromatic carbocycles. The summed E-state index contributed by atoms with van der Waals surface area (Å²) in [7, 11) is 1.16. The number of nitrogens with one attached hydrogen (secondary N) is 2. The Morgan fingerprint density at radius 1 is 1.12 bits per heavy atom. The highest BCUT2D eigenvalue weighted by Gasteiger charge is 2.33. The number of amides is 2. The number of carbonyl (C=O) groups excluding carboxylic acids is 3. The van der Waals surface area contributed by atoms with Gasteiger partial charge in [0.1, 0.15) is 11.6 Å². The van der Waals surface area contributed by atoms with Crippen molar-refractivity contribution in [2.75, 3.05) is 7.11 Å². The molecule has 0 aliphatic rings. The second kappa shape index (κ2) is 9.46. The first-order valence-corrected chi connectivity index (χ1v) is 7.98. The third-order valence-electron chi connectivity index (χ3n) is 3.48. The minimum atomic E-state index is -1.48. The summed E-state index contributed by atoms with van der Waals surface area (Å²) in [5.41, 5.74) is -0.680. The zero-order chi connectivity index (χ0) is 19.1. The molecule has 0 heterocycles. The summed E-state index contributed by atoms with van der Waals surface area (Å²) in [4.78, 5) is 35.5. The topological polar surface area (TPSA) is 114 Å². The van der Waals surface area contributed by atoms with Crippen molar-refractivity contribution >= 4 is 18.0 Å². The number of hydrogen-bond acceptors (Lipinski definition) is 6. The average molecular weight is 346 g/mol. The number of methoxy groups -OCH3 is 1. The molecule has 4 atom stereocenters. The Kier molecular flexibility index (Phi) is 8.74. The van der Waals surface area contributed by atoms with Gasteiger partial charge in [-0.15, -0.1) is 0 Å². The molecule has 140 valence electrons. The maximum absolute atomic E-state index is 12.2. The molecular formula is C16H30N2O6. The van der Waals surface area contributed by atoms with E-state index in [9.17, 15) is 19.5 Å². The van der Waals surface area contributed by atoms with Crippen molar-refractivity contribution in [3.8, 4) is 0 Å². The molecular weight excluding hydrogens is 316 g/mol. The van der Waals surface area contributed by atoms with Gasteiger partial charge in [-0.2, -0.15) is 0 Å². The molecule has 8 nitrogen and oxygen atoms in total. The Bertz CT molecular complexity index is 446. The molecule has 8 heteroatoms. The number of carbonyl (C=O) groups is 3. The van der Waals surface area contributed by atoms with Crippen molar-refractivity contribution in [1.82, 2.24) is 10.6 Å². The van der Waals surface area contributed by atoms with Crippen LogP contribution in [0.5, 0.6) is 0 Å². The first-order chi connectivity index (χ1) is 10.9. The fourth-order valence-electron chi connectivity index (χ4n) is 1.89. The van der Waals surface area contributed by atoms with Gasteiger partial charge in [0.2, 0.25) is 5.91 Å². The highest BCUT2D eigenvalue weighted by atomic mass is 16.6. The fraction of sp³-hybridized carbons (Fsp3) is 0.812. The number of rotatable bonds is 7. The average Bonchev–Trinajstić information content (AvgIpc) is 2.47. The van der Waals surface area contributed by atoms with E-state index >= 15 is 0 Å². The van der Waals surface area contributed by atoms with Crippen molar-refractivity contribution in [3.63, 3.8) is 0 Å². The minimum absolute atomic E-state index is 0.170. The first kappa shape index (κ1) is 22.2. The Morgan fingerprint density at radius 3 is 2.08 bits per heavy atom.